The highest BCUT2D eigenvalue weighted by Gasteiger charge is 2.40. The van der Waals surface area contributed by atoms with Crippen molar-refractivity contribution in [1.29, 1.82) is 0 Å². The van der Waals surface area contributed by atoms with E-state index in [0.29, 0.717) is 13.2 Å². The average Bonchev–Trinajstić information content (AvgIpc) is 2.80. The molecule has 3 rings (SSSR count). The van der Waals surface area contributed by atoms with Gasteiger partial charge in [-0.2, -0.15) is 0 Å². The van der Waals surface area contributed by atoms with Crippen LogP contribution < -0.4 is 9.47 Å². The second kappa shape index (κ2) is 12.6. The Morgan fingerprint density at radius 1 is 0.829 bits per heavy atom. The van der Waals surface area contributed by atoms with Crippen LogP contribution in [0.1, 0.15) is 31.4 Å². The zero-order valence-corrected chi connectivity index (χ0v) is 25.7. The van der Waals surface area contributed by atoms with Crippen molar-refractivity contribution in [3.8, 4) is 11.5 Å². The van der Waals surface area contributed by atoms with Crippen molar-refractivity contribution in [2.24, 2.45) is 0 Å². The predicted octanol–water partition coefficient (Wildman–Crippen LogP) is 5.85. The third-order valence-corrected chi connectivity index (χ3v) is 17.5. The maximum absolute atomic E-state index is 6.29. The maximum Gasteiger partial charge on any atom is 0.362 e. The van der Waals surface area contributed by atoms with Crippen LogP contribution in [0.2, 0.25) is 32.2 Å². The molecule has 6 nitrogen and oxygen atoms in total. The molecule has 0 aromatic heterocycles. The van der Waals surface area contributed by atoms with Gasteiger partial charge in [0.1, 0.15) is 18.1 Å². The third-order valence-electron chi connectivity index (χ3n) is 5.86. The lowest BCUT2D eigenvalue weighted by molar-refractivity contribution is 0.266. The zero-order valence-electron chi connectivity index (χ0n) is 21.7. The number of hydrogen-bond donors (Lipinski definition) is 0. The molecule has 0 atom stereocenters. The summed E-state index contributed by atoms with van der Waals surface area (Å²) in [6.07, 6.45) is 2.61. The molecule has 0 aliphatic carbocycles. The van der Waals surface area contributed by atoms with Crippen molar-refractivity contribution in [3.63, 3.8) is 0 Å². The molecule has 2 aromatic carbocycles. The van der Waals surface area contributed by atoms with Crippen LogP contribution in [0.4, 0.5) is 0 Å². The molecule has 0 N–H and O–H groups in total. The summed E-state index contributed by atoms with van der Waals surface area (Å²) < 4.78 is 36.1. The van der Waals surface area contributed by atoms with Crippen molar-refractivity contribution in [2.45, 2.75) is 57.9 Å². The summed E-state index contributed by atoms with van der Waals surface area (Å²) >= 11 is 0. The highest BCUT2D eigenvalue weighted by atomic mass is 28.5. The summed E-state index contributed by atoms with van der Waals surface area (Å²) in [5, 5.41) is 0. The fraction of sp³-hybridized carbons (Fsp3) is 0.440. The molecule has 1 fully saturated rings. The largest absolute Gasteiger partial charge is 0.494 e. The quantitative estimate of drug-likeness (QED) is 0.212. The van der Waals surface area contributed by atoms with E-state index in [9.17, 15) is 0 Å². The molecule has 0 unspecified atom stereocenters. The number of hydrogen-bond acceptors (Lipinski definition) is 6. The monoisotopic (exact) mass is 545 g/mol. The second-order valence-electron chi connectivity index (χ2n) is 9.24. The number of ether oxygens (including phenoxy) is 2. The van der Waals surface area contributed by atoms with Crippen molar-refractivity contribution in [2.75, 3.05) is 13.2 Å². The van der Waals surface area contributed by atoms with Gasteiger partial charge < -0.3 is 25.9 Å². The van der Waals surface area contributed by atoms with Crippen LogP contribution in [-0.4, -0.2) is 49.6 Å². The molecule has 3 radical (unpaired) electrons. The van der Waals surface area contributed by atoms with Crippen LogP contribution in [0.15, 0.2) is 61.2 Å². The molecule has 35 heavy (non-hydrogen) atoms. The van der Waals surface area contributed by atoms with E-state index in [2.05, 4.69) is 51.2 Å². The molecule has 0 amide bonds. The molecular weight excluding hydrogens is 509 g/mol. The molecule has 0 bridgehead atoms. The molecule has 0 saturated carbocycles. The van der Waals surface area contributed by atoms with E-state index in [1.165, 1.54) is 11.1 Å². The first-order chi connectivity index (χ1) is 16.6. The summed E-state index contributed by atoms with van der Waals surface area (Å²) in [5.74, 6) is 1.72. The van der Waals surface area contributed by atoms with E-state index in [1.54, 1.807) is 6.08 Å². The molecule has 189 valence electrons. The van der Waals surface area contributed by atoms with Crippen LogP contribution in [0.3, 0.4) is 0 Å². The smallest absolute Gasteiger partial charge is 0.362 e. The fourth-order valence-corrected chi connectivity index (χ4v) is 15.9. The first-order valence-corrected chi connectivity index (χ1v) is 19.9. The van der Waals surface area contributed by atoms with E-state index < -0.39 is 36.4 Å². The van der Waals surface area contributed by atoms with Crippen molar-refractivity contribution in [3.05, 3.63) is 72.3 Å². The highest BCUT2D eigenvalue weighted by Crippen LogP contribution is 2.33. The average molecular weight is 546 g/mol. The summed E-state index contributed by atoms with van der Waals surface area (Å²) in [4.78, 5) is 0. The van der Waals surface area contributed by atoms with Gasteiger partial charge >= 0.3 is 36.4 Å². The van der Waals surface area contributed by atoms with Crippen molar-refractivity contribution < 1.29 is 25.9 Å². The van der Waals surface area contributed by atoms with E-state index in [0.717, 1.165) is 24.0 Å². The summed E-state index contributed by atoms with van der Waals surface area (Å²) in [7, 11) is -6.29. The van der Waals surface area contributed by atoms with E-state index in [-0.39, 0.29) is 5.41 Å². The molecule has 1 aliphatic rings. The van der Waals surface area contributed by atoms with Gasteiger partial charge in [-0.15, -0.1) is 0 Å². The molecule has 0 spiro atoms. The van der Waals surface area contributed by atoms with Crippen LogP contribution in [0, 0.1) is 0 Å². The summed E-state index contributed by atoms with van der Waals surface area (Å²) in [5.41, 5.74) is 2.33. The Morgan fingerprint density at radius 3 is 1.80 bits per heavy atom. The highest BCUT2D eigenvalue weighted by molar-refractivity contribution is 6.81. The van der Waals surface area contributed by atoms with Gasteiger partial charge in [-0.1, -0.05) is 50.8 Å². The standard InChI is InChI=1S/C25H37O6Si4/c1-8-18-26-23-14-10-21(11-15-23)25(2,3)22-12-16-24(17-13-22)27-19-9-20-35(7)30-33(5)28-32(4)29-34(6)31-35/h8,10-17H,1,9,18-20H2,2-7H3. The van der Waals surface area contributed by atoms with Gasteiger partial charge in [0.05, 0.1) is 6.61 Å². The molecule has 1 aliphatic heterocycles. The van der Waals surface area contributed by atoms with Gasteiger partial charge in [-0.3, -0.25) is 0 Å². The molecule has 2 aromatic rings. The van der Waals surface area contributed by atoms with E-state index >= 15 is 0 Å². The van der Waals surface area contributed by atoms with Crippen LogP contribution in [-0.2, 0) is 21.9 Å². The molecule has 10 heteroatoms. The first-order valence-electron chi connectivity index (χ1n) is 11.9. The van der Waals surface area contributed by atoms with Crippen molar-refractivity contribution in [1.82, 2.24) is 0 Å². The maximum atomic E-state index is 6.29. The van der Waals surface area contributed by atoms with Crippen LogP contribution >= 0.6 is 0 Å². The first kappa shape index (κ1) is 28.1. The Kier molecular flexibility index (Phi) is 10.1. The normalized spacial score (nSPS) is 18.0. The minimum Gasteiger partial charge on any atom is -0.494 e. The Labute approximate surface area is 217 Å². The van der Waals surface area contributed by atoms with Gasteiger partial charge in [0.15, 0.2) is 0 Å². The Balaban J connectivity index is 1.52. The fourth-order valence-electron chi connectivity index (χ4n) is 4.04. The number of benzene rings is 2. The van der Waals surface area contributed by atoms with E-state index in [4.69, 9.17) is 25.9 Å². The minimum absolute atomic E-state index is 0.134. The van der Waals surface area contributed by atoms with Crippen LogP contribution in [0.5, 0.6) is 11.5 Å². The lowest BCUT2D eigenvalue weighted by Crippen LogP contribution is -2.53. The Morgan fingerprint density at radius 2 is 1.31 bits per heavy atom. The summed E-state index contributed by atoms with van der Waals surface area (Å²) in [6.45, 7) is 17.4. The van der Waals surface area contributed by atoms with E-state index in [1.807, 2.05) is 43.9 Å². The lowest BCUT2D eigenvalue weighted by atomic mass is 9.78. The predicted molar refractivity (Wildman–Crippen MR) is 146 cm³/mol. The van der Waals surface area contributed by atoms with Gasteiger partial charge in [0, 0.05) is 5.41 Å². The third kappa shape index (κ3) is 8.25. The SMILES string of the molecule is C=CCOc1ccc(C(C)(C)c2ccc(OCCC[Si]3(C)O[Si](C)O[Si](C)O[Si](C)O3)cc2)cc1. The second-order valence-corrected chi connectivity index (χ2v) is 18.2. The van der Waals surface area contributed by atoms with Gasteiger partial charge in [0.2, 0.25) is 0 Å². The lowest BCUT2D eigenvalue weighted by Gasteiger charge is -2.35. The zero-order chi connectivity index (χ0) is 25.5. The topological polar surface area (TPSA) is 55.4 Å². The molecule has 1 heterocycles. The van der Waals surface area contributed by atoms with Gasteiger partial charge in [-0.25, -0.2) is 0 Å². The molecular formula is C25H37O6Si4. The van der Waals surface area contributed by atoms with Crippen molar-refractivity contribution >= 4 is 36.4 Å². The Bertz CT molecular complexity index is 924. The molecule has 1 saturated heterocycles. The summed E-state index contributed by atoms with van der Waals surface area (Å²) in [6, 6.07) is 17.5. The number of rotatable bonds is 10. The van der Waals surface area contributed by atoms with Crippen LogP contribution in [0.25, 0.3) is 0 Å². The van der Waals surface area contributed by atoms with Gasteiger partial charge in [-0.05, 0) is 74.0 Å². The minimum atomic E-state index is -2.33. The van der Waals surface area contributed by atoms with Gasteiger partial charge in [0.25, 0.3) is 0 Å². The Hall–Kier alpha value is -1.51.